The summed E-state index contributed by atoms with van der Waals surface area (Å²) < 4.78 is 1.99. The molecular weight excluding hydrogens is 390 g/mol. The van der Waals surface area contributed by atoms with Crippen molar-refractivity contribution in [1.82, 2.24) is 30.2 Å². The van der Waals surface area contributed by atoms with E-state index in [1.165, 1.54) is 25.0 Å². The lowest BCUT2D eigenvalue weighted by Gasteiger charge is -2.26. The van der Waals surface area contributed by atoms with Crippen LogP contribution < -0.4 is 10.6 Å². The zero-order chi connectivity index (χ0) is 21.2. The van der Waals surface area contributed by atoms with Crippen LogP contribution in [0.3, 0.4) is 0 Å². The van der Waals surface area contributed by atoms with E-state index in [1.807, 2.05) is 30.1 Å². The molecule has 0 aliphatic carbocycles. The van der Waals surface area contributed by atoms with Gasteiger partial charge in [0.25, 0.3) is 0 Å². The van der Waals surface area contributed by atoms with Crippen molar-refractivity contribution in [2.75, 3.05) is 25.0 Å². The molecule has 8 nitrogen and oxygen atoms in total. The molecule has 1 atom stereocenters. The highest BCUT2D eigenvalue weighted by Crippen LogP contribution is 2.28. The number of carbonyl (C=O) groups is 1. The second-order valence-corrected chi connectivity index (χ2v) is 8.61. The molecule has 3 aromatic rings. The van der Waals surface area contributed by atoms with Crippen LogP contribution in [-0.2, 0) is 18.4 Å². The summed E-state index contributed by atoms with van der Waals surface area (Å²) in [5.74, 6) is 0.446. The quantitative estimate of drug-likeness (QED) is 0.661. The first-order chi connectivity index (χ1) is 15.2. The number of anilines is 1. The van der Waals surface area contributed by atoms with E-state index in [1.54, 1.807) is 0 Å². The summed E-state index contributed by atoms with van der Waals surface area (Å²) in [6, 6.07) is 7.94. The zero-order valence-corrected chi connectivity index (χ0v) is 18.0. The first-order valence-electron chi connectivity index (χ1n) is 11.2. The van der Waals surface area contributed by atoms with E-state index in [9.17, 15) is 4.79 Å². The predicted molar refractivity (Wildman–Crippen MR) is 121 cm³/mol. The number of amides is 1. The molecule has 2 fully saturated rings. The smallest absolute Gasteiger partial charge is 0.242 e. The van der Waals surface area contributed by atoms with Gasteiger partial charge in [-0.2, -0.15) is 5.10 Å². The predicted octanol–water partition coefficient (Wildman–Crippen LogP) is 2.71. The van der Waals surface area contributed by atoms with Gasteiger partial charge in [0.15, 0.2) is 5.82 Å². The van der Waals surface area contributed by atoms with Crippen LogP contribution in [0.15, 0.2) is 30.5 Å². The second-order valence-electron chi connectivity index (χ2n) is 8.61. The Labute approximate surface area is 182 Å². The fraction of sp³-hybridized carbons (Fsp3) is 0.478. The summed E-state index contributed by atoms with van der Waals surface area (Å²) in [6.07, 6.45) is 7.70. The standard InChI is InChI=1S/C23H29N7O/c1-29-21(15-30-10-3-2-4-11-30)18(14-25-29)16-7-8-19-17(12-16)13-22(28-27-19)26-23(31)20-6-5-9-24-20/h7-8,12-14,20,24H,2-6,9-11,15H2,1H3,(H,26,28,31). The third-order valence-corrected chi connectivity index (χ3v) is 6.41. The van der Waals surface area contributed by atoms with Gasteiger partial charge in [-0.25, -0.2) is 0 Å². The lowest BCUT2D eigenvalue weighted by molar-refractivity contribution is -0.117. The Hall–Kier alpha value is -2.84. The van der Waals surface area contributed by atoms with Gasteiger partial charge < -0.3 is 10.6 Å². The number of aromatic nitrogens is 4. The first-order valence-corrected chi connectivity index (χ1v) is 11.2. The van der Waals surface area contributed by atoms with Gasteiger partial charge in [0.2, 0.25) is 5.91 Å². The van der Waals surface area contributed by atoms with Crippen LogP contribution in [-0.4, -0.2) is 56.5 Å². The number of fused-ring (bicyclic) bond motifs is 1. The monoisotopic (exact) mass is 419 g/mol. The highest BCUT2D eigenvalue weighted by molar-refractivity contribution is 5.96. The maximum Gasteiger partial charge on any atom is 0.242 e. The largest absolute Gasteiger partial charge is 0.308 e. The van der Waals surface area contributed by atoms with E-state index in [2.05, 4.69) is 43.0 Å². The van der Waals surface area contributed by atoms with Crippen molar-refractivity contribution >= 4 is 22.6 Å². The summed E-state index contributed by atoms with van der Waals surface area (Å²) >= 11 is 0. The maximum absolute atomic E-state index is 12.4. The number of hydrogen-bond acceptors (Lipinski definition) is 6. The maximum atomic E-state index is 12.4. The van der Waals surface area contributed by atoms with E-state index >= 15 is 0 Å². The van der Waals surface area contributed by atoms with E-state index in [-0.39, 0.29) is 11.9 Å². The molecule has 2 saturated heterocycles. The third kappa shape index (κ3) is 4.31. The summed E-state index contributed by atoms with van der Waals surface area (Å²) in [6.45, 7) is 4.09. The Bertz CT molecular complexity index is 1080. The van der Waals surface area contributed by atoms with Crippen molar-refractivity contribution in [3.8, 4) is 11.1 Å². The molecule has 0 spiro atoms. The summed E-state index contributed by atoms with van der Waals surface area (Å²) in [5.41, 5.74) is 4.29. The molecule has 1 aromatic carbocycles. The van der Waals surface area contributed by atoms with Gasteiger partial charge in [-0.3, -0.25) is 14.4 Å². The Morgan fingerprint density at radius 1 is 1.16 bits per heavy atom. The number of carbonyl (C=O) groups excluding carboxylic acids is 1. The molecule has 1 unspecified atom stereocenters. The van der Waals surface area contributed by atoms with Gasteiger partial charge in [0.1, 0.15) is 0 Å². The van der Waals surface area contributed by atoms with Crippen LogP contribution in [0.25, 0.3) is 22.0 Å². The van der Waals surface area contributed by atoms with Crippen LogP contribution in [0.4, 0.5) is 5.82 Å². The number of nitrogens with one attached hydrogen (secondary N) is 2. The SMILES string of the molecule is Cn1ncc(-c2ccc3nnc(NC(=O)C4CCCN4)cc3c2)c1CN1CCCCC1. The van der Waals surface area contributed by atoms with Crippen LogP contribution in [0.2, 0.25) is 0 Å². The average Bonchev–Trinajstić information content (AvgIpc) is 3.45. The van der Waals surface area contributed by atoms with E-state index in [0.29, 0.717) is 5.82 Å². The number of piperidine rings is 1. The molecule has 162 valence electrons. The van der Waals surface area contributed by atoms with E-state index in [0.717, 1.165) is 61.1 Å². The number of rotatable bonds is 5. The Morgan fingerprint density at radius 2 is 2.03 bits per heavy atom. The van der Waals surface area contributed by atoms with Gasteiger partial charge >= 0.3 is 0 Å². The highest BCUT2D eigenvalue weighted by atomic mass is 16.2. The normalized spacial score (nSPS) is 19.7. The van der Waals surface area contributed by atoms with E-state index < -0.39 is 0 Å². The summed E-state index contributed by atoms with van der Waals surface area (Å²) in [5, 5.41) is 20.1. The summed E-state index contributed by atoms with van der Waals surface area (Å²) in [7, 11) is 2.01. The van der Waals surface area contributed by atoms with Crippen molar-refractivity contribution in [1.29, 1.82) is 0 Å². The Kier molecular flexibility index (Phi) is 5.65. The molecule has 0 radical (unpaired) electrons. The molecule has 5 rings (SSSR count). The second kappa shape index (κ2) is 8.72. The van der Waals surface area contributed by atoms with E-state index in [4.69, 9.17) is 0 Å². The molecule has 2 aliphatic heterocycles. The van der Waals surface area contributed by atoms with Crippen molar-refractivity contribution in [3.63, 3.8) is 0 Å². The molecule has 4 heterocycles. The van der Waals surface area contributed by atoms with Crippen LogP contribution in [0.5, 0.6) is 0 Å². The molecule has 1 amide bonds. The zero-order valence-electron chi connectivity index (χ0n) is 18.0. The fourth-order valence-electron chi connectivity index (χ4n) is 4.62. The first kappa shape index (κ1) is 20.1. The number of aryl methyl sites for hydroxylation is 1. The van der Waals surface area contributed by atoms with Crippen LogP contribution in [0.1, 0.15) is 37.8 Å². The van der Waals surface area contributed by atoms with Gasteiger partial charge in [0, 0.05) is 24.5 Å². The molecule has 2 aliphatic rings. The fourth-order valence-corrected chi connectivity index (χ4v) is 4.62. The highest BCUT2D eigenvalue weighted by Gasteiger charge is 2.22. The summed E-state index contributed by atoms with van der Waals surface area (Å²) in [4.78, 5) is 14.9. The van der Waals surface area contributed by atoms with Gasteiger partial charge in [-0.05, 0) is 69.1 Å². The van der Waals surface area contributed by atoms with Gasteiger partial charge in [0.05, 0.1) is 23.4 Å². The number of benzene rings is 1. The molecule has 0 saturated carbocycles. The van der Waals surface area contributed by atoms with Crippen molar-refractivity contribution in [2.24, 2.45) is 7.05 Å². The van der Waals surface area contributed by atoms with Crippen molar-refractivity contribution in [2.45, 2.75) is 44.7 Å². The van der Waals surface area contributed by atoms with Crippen molar-refractivity contribution in [3.05, 3.63) is 36.2 Å². The lowest BCUT2D eigenvalue weighted by Crippen LogP contribution is -2.35. The van der Waals surface area contributed by atoms with Crippen molar-refractivity contribution < 1.29 is 4.79 Å². The van der Waals surface area contributed by atoms with Crippen LogP contribution >= 0.6 is 0 Å². The molecule has 2 aromatic heterocycles. The lowest BCUT2D eigenvalue weighted by atomic mass is 10.0. The number of nitrogens with zero attached hydrogens (tertiary/aromatic N) is 5. The molecule has 2 N–H and O–H groups in total. The topological polar surface area (TPSA) is 88.0 Å². The molecule has 8 heteroatoms. The Balaban J connectivity index is 1.41. The minimum Gasteiger partial charge on any atom is -0.308 e. The molecule has 0 bridgehead atoms. The third-order valence-electron chi connectivity index (χ3n) is 6.41. The average molecular weight is 420 g/mol. The van der Waals surface area contributed by atoms with Gasteiger partial charge in [-0.1, -0.05) is 12.5 Å². The molecular formula is C23H29N7O. The van der Waals surface area contributed by atoms with Gasteiger partial charge in [-0.15, -0.1) is 10.2 Å². The number of hydrogen-bond donors (Lipinski definition) is 2. The minimum absolute atomic E-state index is 0.0432. The van der Waals surface area contributed by atoms with Crippen LogP contribution in [0, 0.1) is 0 Å². The minimum atomic E-state index is -0.142. The number of likely N-dealkylation sites (tertiary alicyclic amines) is 1. The molecule has 31 heavy (non-hydrogen) atoms. The Morgan fingerprint density at radius 3 is 2.84 bits per heavy atom.